The van der Waals surface area contributed by atoms with Crippen molar-refractivity contribution in [2.45, 2.75) is 25.7 Å². The molecule has 0 unspecified atom stereocenters. The average Bonchev–Trinajstić information content (AvgIpc) is 3.44. The fourth-order valence-corrected chi connectivity index (χ4v) is 3.59. The van der Waals surface area contributed by atoms with Gasteiger partial charge in [0.1, 0.15) is 0 Å². The Balaban J connectivity index is 1.59. The van der Waals surface area contributed by atoms with Gasteiger partial charge in [0, 0.05) is 48.9 Å². The van der Waals surface area contributed by atoms with Gasteiger partial charge in [-0.3, -0.25) is 9.38 Å². The molecule has 0 N–H and O–H groups in total. The van der Waals surface area contributed by atoms with Crippen molar-refractivity contribution in [1.82, 2.24) is 19.4 Å². The number of hydrogen-bond acceptors (Lipinski definition) is 5. The lowest BCUT2D eigenvalue weighted by molar-refractivity contribution is 0.122. The molecule has 1 saturated heterocycles. The highest BCUT2D eigenvalue weighted by Gasteiger charge is 2.25. The van der Waals surface area contributed by atoms with Crippen molar-refractivity contribution in [3.05, 3.63) is 42.1 Å². The number of pyridine rings is 1. The van der Waals surface area contributed by atoms with Crippen LogP contribution in [-0.4, -0.2) is 45.7 Å². The summed E-state index contributed by atoms with van der Waals surface area (Å²) in [7, 11) is 0. The zero-order valence-electron chi connectivity index (χ0n) is 14.4. The lowest BCUT2D eigenvalue weighted by Gasteiger charge is -2.27. The van der Waals surface area contributed by atoms with Crippen LogP contribution in [-0.2, 0) is 4.74 Å². The summed E-state index contributed by atoms with van der Waals surface area (Å²) in [5.74, 6) is 1.61. The van der Waals surface area contributed by atoms with Gasteiger partial charge in [0.05, 0.1) is 24.6 Å². The van der Waals surface area contributed by atoms with Crippen molar-refractivity contribution < 1.29 is 4.74 Å². The Morgan fingerprint density at radius 1 is 1.12 bits per heavy atom. The summed E-state index contributed by atoms with van der Waals surface area (Å²) in [6.07, 6.45) is 8.38. The number of aromatic nitrogens is 4. The quantitative estimate of drug-likeness (QED) is 0.737. The fourth-order valence-electron chi connectivity index (χ4n) is 3.59. The number of aryl methyl sites for hydroxylation is 1. The molecule has 0 amide bonds. The summed E-state index contributed by atoms with van der Waals surface area (Å²) in [4.78, 5) is 16.3. The third-order valence-electron chi connectivity index (χ3n) is 5.06. The molecule has 1 aliphatic heterocycles. The summed E-state index contributed by atoms with van der Waals surface area (Å²) in [6, 6.07) is 4.34. The highest BCUT2D eigenvalue weighted by Crippen LogP contribution is 2.39. The molecular weight excluding hydrogens is 314 g/mol. The first-order valence-corrected chi connectivity index (χ1v) is 8.94. The highest BCUT2D eigenvalue weighted by atomic mass is 16.5. The number of anilines is 1. The molecule has 0 bridgehead atoms. The molecule has 0 atom stereocenters. The van der Waals surface area contributed by atoms with Crippen molar-refractivity contribution in [2.75, 3.05) is 31.2 Å². The Morgan fingerprint density at radius 3 is 2.68 bits per heavy atom. The number of hydrogen-bond donors (Lipinski definition) is 0. The second-order valence-corrected chi connectivity index (χ2v) is 6.84. The molecule has 6 heteroatoms. The minimum atomic E-state index is 0.675. The molecule has 5 rings (SSSR count). The van der Waals surface area contributed by atoms with E-state index in [-0.39, 0.29) is 0 Å². The van der Waals surface area contributed by atoms with Crippen molar-refractivity contribution >= 4 is 11.5 Å². The van der Waals surface area contributed by atoms with E-state index in [1.54, 1.807) is 0 Å². The zero-order chi connectivity index (χ0) is 16.8. The summed E-state index contributed by atoms with van der Waals surface area (Å²) >= 11 is 0. The summed E-state index contributed by atoms with van der Waals surface area (Å²) < 4.78 is 7.60. The van der Waals surface area contributed by atoms with E-state index in [2.05, 4.69) is 38.3 Å². The van der Waals surface area contributed by atoms with E-state index in [1.807, 2.05) is 18.6 Å². The van der Waals surface area contributed by atoms with Crippen LogP contribution in [0.1, 0.15) is 30.1 Å². The number of nitrogens with zero attached hydrogens (tertiary/aromatic N) is 5. The van der Waals surface area contributed by atoms with E-state index in [9.17, 15) is 0 Å². The Bertz CT molecular complexity index is 907. The van der Waals surface area contributed by atoms with Crippen LogP contribution in [0, 0.1) is 6.92 Å². The Kier molecular flexibility index (Phi) is 3.45. The minimum Gasteiger partial charge on any atom is -0.378 e. The summed E-state index contributed by atoms with van der Waals surface area (Å²) in [5.41, 5.74) is 5.33. The monoisotopic (exact) mass is 335 g/mol. The largest absolute Gasteiger partial charge is 0.378 e. The molecule has 6 nitrogen and oxygen atoms in total. The van der Waals surface area contributed by atoms with Gasteiger partial charge in [0.15, 0.2) is 11.5 Å². The molecule has 0 spiro atoms. The number of imidazole rings is 1. The topological polar surface area (TPSA) is 55.5 Å². The molecule has 2 aliphatic rings. The predicted molar refractivity (Wildman–Crippen MR) is 96.0 cm³/mol. The van der Waals surface area contributed by atoms with Gasteiger partial charge in [0.25, 0.3) is 0 Å². The lowest BCUT2D eigenvalue weighted by atomic mass is 10.1. The first-order valence-electron chi connectivity index (χ1n) is 8.94. The van der Waals surface area contributed by atoms with E-state index in [0.717, 1.165) is 54.7 Å². The molecule has 1 aliphatic carbocycles. The highest BCUT2D eigenvalue weighted by molar-refractivity contribution is 5.73. The van der Waals surface area contributed by atoms with E-state index >= 15 is 0 Å². The molecule has 128 valence electrons. The summed E-state index contributed by atoms with van der Waals surface area (Å²) in [6.45, 7) is 5.24. The third-order valence-corrected chi connectivity index (χ3v) is 5.06. The fraction of sp³-hybridized carbons (Fsp3) is 0.421. The minimum absolute atomic E-state index is 0.675. The number of ether oxygens (including phenoxy) is 1. The van der Waals surface area contributed by atoms with Crippen LogP contribution in [0.15, 0.2) is 30.7 Å². The van der Waals surface area contributed by atoms with Gasteiger partial charge < -0.3 is 9.64 Å². The van der Waals surface area contributed by atoms with Gasteiger partial charge in [-0.2, -0.15) is 0 Å². The molecular formula is C19H21N5O. The van der Waals surface area contributed by atoms with E-state index in [1.165, 1.54) is 18.5 Å². The first-order chi connectivity index (χ1) is 12.3. The standard InChI is InChI=1S/C19H21N5O/c1-13-17(15-4-5-16(21-12-15)14-2-3-14)24-7-6-20-18(19(24)22-13)23-8-10-25-11-9-23/h4-7,12,14H,2-3,8-11H2,1H3. The average molecular weight is 335 g/mol. The van der Waals surface area contributed by atoms with Gasteiger partial charge >= 0.3 is 0 Å². The van der Waals surface area contributed by atoms with Crippen molar-refractivity contribution in [3.63, 3.8) is 0 Å². The molecule has 0 radical (unpaired) electrons. The smallest absolute Gasteiger partial charge is 0.181 e. The van der Waals surface area contributed by atoms with Gasteiger partial charge in [-0.1, -0.05) is 0 Å². The number of rotatable bonds is 3. The molecule has 4 heterocycles. The maximum absolute atomic E-state index is 5.46. The Hall–Kier alpha value is -2.47. The maximum atomic E-state index is 5.46. The van der Waals surface area contributed by atoms with Crippen LogP contribution in [0.5, 0.6) is 0 Å². The van der Waals surface area contributed by atoms with Crippen LogP contribution in [0.4, 0.5) is 5.82 Å². The van der Waals surface area contributed by atoms with Gasteiger partial charge in [-0.15, -0.1) is 0 Å². The first kappa shape index (κ1) is 14.8. The molecule has 0 aromatic carbocycles. The molecule has 3 aromatic rings. The second-order valence-electron chi connectivity index (χ2n) is 6.84. The van der Waals surface area contributed by atoms with E-state index in [0.29, 0.717) is 5.92 Å². The van der Waals surface area contributed by atoms with E-state index < -0.39 is 0 Å². The third kappa shape index (κ3) is 2.57. The molecule has 3 aromatic heterocycles. The SMILES string of the molecule is Cc1nc2c(N3CCOCC3)nccn2c1-c1ccc(C2CC2)nc1. The normalized spacial score (nSPS) is 18.0. The van der Waals surface area contributed by atoms with Crippen LogP contribution in [0.2, 0.25) is 0 Å². The van der Waals surface area contributed by atoms with Crippen LogP contribution in [0.25, 0.3) is 16.9 Å². The Morgan fingerprint density at radius 2 is 1.96 bits per heavy atom. The van der Waals surface area contributed by atoms with Crippen LogP contribution < -0.4 is 4.90 Å². The van der Waals surface area contributed by atoms with Crippen molar-refractivity contribution in [3.8, 4) is 11.3 Å². The van der Waals surface area contributed by atoms with Crippen LogP contribution >= 0.6 is 0 Å². The summed E-state index contributed by atoms with van der Waals surface area (Å²) in [5, 5.41) is 0. The van der Waals surface area contributed by atoms with Gasteiger partial charge in [-0.05, 0) is 31.9 Å². The van der Waals surface area contributed by atoms with Crippen molar-refractivity contribution in [1.29, 1.82) is 0 Å². The van der Waals surface area contributed by atoms with Crippen molar-refractivity contribution in [2.24, 2.45) is 0 Å². The molecule has 2 fully saturated rings. The van der Waals surface area contributed by atoms with Gasteiger partial charge in [0.2, 0.25) is 0 Å². The van der Waals surface area contributed by atoms with Gasteiger partial charge in [-0.25, -0.2) is 9.97 Å². The molecule has 25 heavy (non-hydrogen) atoms. The van der Waals surface area contributed by atoms with E-state index in [4.69, 9.17) is 9.72 Å². The predicted octanol–water partition coefficient (Wildman–Crippen LogP) is 2.81. The maximum Gasteiger partial charge on any atom is 0.181 e. The number of fused-ring (bicyclic) bond motifs is 1. The second kappa shape index (κ2) is 5.81. The lowest BCUT2D eigenvalue weighted by Crippen LogP contribution is -2.37. The number of morpholine rings is 1. The zero-order valence-corrected chi connectivity index (χ0v) is 14.4. The Labute approximate surface area is 146 Å². The molecule has 1 saturated carbocycles. The van der Waals surface area contributed by atoms with Crippen LogP contribution in [0.3, 0.4) is 0 Å².